The van der Waals surface area contributed by atoms with E-state index in [1.807, 2.05) is 18.2 Å². The van der Waals surface area contributed by atoms with Gasteiger partial charge in [-0.05, 0) is 42.4 Å². The Morgan fingerprint density at radius 1 is 1.08 bits per heavy atom. The van der Waals surface area contributed by atoms with Crippen LogP contribution < -0.4 is 0 Å². The van der Waals surface area contributed by atoms with Crippen molar-refractivity contribution in [3.8, 4) is 5.75 Å². The Bertz CT molecular complexity index is 754. The molecule has 1 saturated carbocycles. The van der Waals surface area contributed by atoms with Crippen molar-refractivity contribution < 1.29 is 14.6 Å². The second kappa shape index (κ2) is 6.97. The average Bonchev–Trinajstić information content (AvgIpc) is 3.11. The van der Waals surface area contributed by atoms with E-state index in [2.05, 4.69) is 22.0 Å². The summed E-state index contributed by atoms with van der Waals surface area (Å²) in [7, 11) is 0. The molecular formula is C21H25FN2O2. The van der Waals surface area contributed by atoms with Gasteiger partial charge < -0.3 is 15.1 Å². The summed E-state index contributed by atoms with van der Waals surface area (Å²) in [6.45, 7) is 2.81. The highest BCUT2D eigenvalue weighted by molar-refractivity contribution is 5.20. The number of fused-ring (bicyclic) bond motifs is 1. The lowest BCUT2D eigenvalue weighted by molar-refractivity contribution is 0.0355. The zero-order valence-electron chi connectivity index (χ0n) is 14.8. The van der Waals surface area contributed by atoms with Gasteiger partial charge in [-0.2, -0.15) is 4.39 Å². The van der Waals surface area contributed by atoms with Crippen molar-refractivity contribution >= 4 is 0 Å². The molecule has 1 aliphatic carbocycles. The van der Waals surface area contributed by atoms with E-state index in [1.165, 1.54) is 11.6 Å². The molecule has 5 heteroatoms. The minimum atomic E-state index is -0.799. The molecule has 4 nitrogen and oxygen atoms in total. The fraction of sp³-hybridized carbons (Fsp3) is 0.476. The van der Waals surface area contributed by atoms with Crippen molar-refractivity contribution in [2.24, 2.45) is 11.8 Å². The average molecular weight is 356 g/mol. The number of likely N-dealkylation sites (tertiary alicyclic amines) is 1. The Morgan fingerprint density at radius 3 is 2.42 bits per heavy atom. The van der Waals surface area contributed by atoms with Crippen LogP contribution in [0.2, 0.25) is 0 Å². The molecule has 26 heavy (non-hydrogen) atoms. The van der Waals surface area contributed by atoms with Crippen molar-refractivity contribution in [3.05, 3.63) is 59.7 Å². The van der Waals surface area contributed by atoms with Crippen LogP contribution in [0.25, 0.3) is 0 Å². The fourth-order valence-electron chi connectivity index (χ4n) is 4.74. The second-order valence-corrected chi connectivity index (χ2v) is 7.94. The number of nitrogens with zero attached hydrogens (tertiary/aromatic N) is 2. The van der Waals surface area contributed by atoms with Crippen molar-refractivity contribution in [2.45, 2.75) is 31.3 Å². The number of hydrogen-bond acceptors (Lipinski definition) is 4. The molecule has 0 spiro atoms. The number of benzene rings is 1. The first-order valence-corrected chi connectivity index (χ1v) is 9.34. The number of aromatic hydroxyl groups is 1. The first-order valence-electron chi connectivity index (χ1n) is 9.34. The second-order valence-electron chi connectivity index (χ2n) is 7.94. The quantitative estimate of drug-likeness (QED) is 0.809. The van der Waals surface area contributed by atoms with Gasteiger partial charge in [0.25, 0.3) is 5.95 Å². The SMILES string of the molecule is Oc1ccc(CCN2CC3CC(O)(Cc4ccccc4)CC3C2)nc1F. The topological polar surface area (TPSA) is 56.6 Å². The molecule has 0 amide bonds. The summed E-state index contributed by atoms with van der Waals surface area (Å²) in [4.78, 5) is 6.19. The number of hydrogen-bond donors (Lipinski definition) is 2. The lowest BCUT2D eigenvalue weighted by Gasteiger charge is -2.26. The monoisotopic (exact) mass is 356 g/mol. The Hall–Kier alpha value is -1.98. The molecule has 1 saturated heterocycles. The third-order valence-electron chi connectivity index (χ3n) is 5.88. The highest BCUT2D eigenvalue weighted by Crippen LogP contribution is 2.45. The van der Waals surface area contributed by atoms with Crippen LogP contribution in [0.4, 0.5) is 4.39 Å². The highest BCUT2D eigenvalue weighted by atomic mass is 19.1. The number of aromatic nitrogens is 1. The highest BCUT2D eigenvalue weighted by Gasteiger charge is 2.47. The van der Waals surface area contributed by atoms with Crippen LogP contribution in [-0.4, -0.2) is 45.3 Å². The van der Waals surface area contributed by atoms with Crippen molar-refractivity contribution in [3.63, 3.8) is 0 Å². The first-order chi connectivity index (χ1) is 12.5. The summed E-state index contributed by atoms with van der Waals surface area (Å²) in [5, 5.41) is 20.2. The molecule has 0 bridgehead atoms. The van der Waals surface area contributed by atoms with Gasteiger partial charge in [-0.15, -0.1) is 0 Å². The molecule has 2 heterocycles. The summed E-state index contributed by atoms with van der Waals surface area (Å²) < 4.78 is 13.3. The minimum Gasteiger partial charge on any atom is -0.504 e. The van der Waals surface area contributed by atoms with Gasteiger partial charge in [0, 0.05) is 38.2 Å². The van der Waals surface area contributed by atoms with E-state index in [9.17, 15) is 14.6 Å². The van der Waals surface area contributed by atoms with Crippen molar-refractivity contribution in [1.29, 1.82) is 0 Å². The molecule has 4 rings (SSSR count). The van der Waals surface area contributed by atoms with Crippen LogP contribution in [0, 0.1) is 17.8 Å². The summed E-state index contributed by atoms with van der Waals surface area (Å²) in [6, 6.07) is 13.3. The van der Waals surface area contributed by atoms with Crippen molar-refractivity contribution in [2.75, 3.05) is 19.6 Å². The van der Waals surface area contributed by atoms with Gasteiger partial charge in [0.15, 0.2) is 5.75 Å². The Balaban J connectivity index is 1.30. The summed E-state index contributed by atoms with van der Waals surface area (Å²) in [5.41, 5.74) is 1.29. The standard InChI is InChI=1S/C21H25FN2O2/c22-20-19(25)7-6-18(23-20)8-9-24-13-16-11-21(26,12-17(16)14-24)10-15-4-2-1-3-5-15/h1-7,16-17,25-26H,8-14H2. The molecular weight excluding hydrogens is 331 g/mol. The number of halogens is 1. The van der Waals surface area contributed by atoms with Crippen LogP contribution in [0.3, 0.4) is 0 Å². The maximum absolute atomic E-state index is 13.3. The van der Waals surface area contributed by atoms with Crippen LogP contribution in [0.1, 0.15) is 24.1 Å². The molecule has 1 aromatic heterocycles. The third kappa shape index (κ3) is 3.74. The Kier molecular flexibility index (Phi) is 4.67. The van der Waals surface area contributed by atoms with E-state index in [0.717, 1.165) is 38.9 Å². The minimum absolute atomic E-state index is 0.401. The molecule has 2 N–H and O–H groups in total. The van der Waals surface area contributed by atoms with Gasteiger partial charge in [-0.1, -0.05) is 30.3 Å². The molecule has 1 aliphatic heterocycles. The van der Waals surface area contributed by atoms with Gasteiger partial charge in [-0.3, -0.25) is 0 Å². The Labute approximate surface area is 153 Å². The Morgan fingerprint density at radius 2 is 1.77 bits per heavy atom. The molecule has 2 atom stereocenters. The predicted molar refractivity (Wildman–Crippen MR) is 97.3 cm³/mol. The van der Waals surface area contributed by atoms with Crippen LogP contribution in [0.5, 0.6) is 5.75 Å². The van der Waals surface area contributed by atoms with E-state index in [1.54, 1.807) is 6.07 Å². The van der Waals surface area contributed by atoms with Crippen LogP contribution in [0.15, 0.2) is 42.5 Å². The summed E-state index contributed by atoms with van der Waals surface area (Å²) in [6.07, 6.45) is 3.12. The molecule has 1 aromatic carbocycles. The van der Waals surface area contributed by atoms with Gasteiger partial charge in [-0.25, -0.2) is 4.98 Å². The van der Waals surface area contributed by atoms with Crippen molar-refractivity contribution in [1.82, 2.24) is 9.88 Å². The van der Waals surface area contributed by atoms with E-state index in [0.29, 0.717) is 24.0 Å². The van der Waals surface area contributed by atoms with E-state index < -0.39 is 17.3 Å². The van der Waals surface area contributed by atoms with Crippen LogP contribution >= 0.6 is 0 Å². The van der Waals surface area contributed by atoms with Gasteiger partial charge >= 0.3 is 0 Å². The normalized spacial score (nSPS) is 28.4. The molecule has 2 fully saturated rings. The largest absolute Gasteiger partial charge is 0.504 e. The van der Waals surface area contributed by atoms with Crippen LogP contribution in [-0.2, 0) is 12.8 Å². The number of rotatable bonds is 5. The summed E-state index contributed by atoms with van der Waals surface area (Å²) >= 11 is 0. The zero-order chi connectivity index (χ0) is 18.1. The summed E-state index contributed by atoms with van der Waals surface area (Å²) in [5.74, 6) is -0.129. The van der Waals surface area contributed by atoms with E-state index >= 15 is 0 Å². The maximum Gasteiger partial charge on any atom is 0.255 e. The predicted octanol–water partition coefficient (Wildman–Crippen LogP) is 2.78. The fourth-order valence-corrected chi connectivity index (χ4v) is 4.74. The number of pyridine rings is 1. The lowest BCUT2D eigenvalue weighted by Crippen LogP contribution is -2.32. The van der Waals surface area contributed by atoms with Gasteiger partial charge in [0.2, 0.25) is 0 Å². The lowest BCUT2D eigenvalue weighted by atomic mass is 9.91. The zero-order valence-corrected chi connectivity index (χ0v) is 14.8. The number of aliphatic hydroxyl groups is 1. The maximum atomic E-state index is 13.3. The molecule has 0 radical (unpaired) electrons. The third-order valence-corrected chi connectivity index (χ3v) is 5.88. The molecule has 2 aromatic rings. The smallest absolute Gasteiger partial charge is 0.255 e. The molecule has 138 valence electrons. The van der Waals surface area contributed by atoms with E-state index in [-0.39, 0.29) is 0 Å². The van der Waals surface area contributed by atoms with Gasteiger partial charge in [0.1, 0.15) is 0 Å². The molecule has 2 aliphatic rings. The van der Waals surface area contributed by atoms with E-state index in [4.69, 9.17) is 0 Å². The molecule has 2 unspecified atom stereocenters. The van der Waals surface area contributed by atoms with Gasteiger partial charge in [0.05, 0.1) is 5.60 Å². The first kappa shape index (κ1) is 17.4.